The fourth-order valence-electron chi connectivity index (χ4n) is 2.08. The Morgan fingerprint density at radius 1 is 1.26 bits per heavy atom. The number of hydrogen-bond acceptors (Lipinski definition) is 4. The van der Waals surface area contributed by atoms with Gasteiger partial charge in [-0.25, -0.2) is 0 Å². The summed E-state index contributed by atoms with van der Waals surface area (Å²) < 4.78 is 10.7. The van der Waals surface area contributed by atoms with E-state index in [0.29, 0.717) is 12.2 Å². The van der Waals surface area contributed by atoms with Crippen LogP contribution in [0.4, 0.5) is 5.88 Å². The van der Waals surface area contributed by atoms with Crippen molar-refractivity contribution in [1.29, 1.82) is 5.26 Å². The summed E-state index contributed by atoms with van der Waals surface area (Å²) in [6.45, 7) is 6.53. The molecule has 1 aromatic carbocycles. The summed E-state index contributed by atoms with van der Waals surface area (Å²) in [6, 6.07) is 6.04. The van der Waals surface area contributed by atoms with E-state index in [1.807, 2.05) is 32.9 Å². The zero-order valence-corrected chi connectivity index (χ0v) is 11.3. The molecule has 0 fully saturated rings. The molecule has 2 rings (SSSR count). The normalized spacial score (nSPS) is 10.2. The molecular weight excluding hydrogens is 240 g/mol. The van der Waals surface area contributed by atoms with Gasteiger partial charge in [-0.05, 0) is 49.6 Å². The van der Waals surface area contributed by atoms with Crippen molar-refractivity contribution in [2.75, 3.05) is 12.3 Å². The van der Waals surface area contributed by atoms with Crippen LogP contribution in [0.3, 0.4) is 0 Å². The minimum atomic E-state index is 0.156. The summed E-state index contributed by atoms with van der Waals surface area (Å²) in [5.74, 6) is 1.02. The predicted octanol–water partition coefficient (Wildman–Crippen LogP) is 3.42. The molecule has 19 heavy (non-hydrogen) atoms. The van der Waals surface area contributed by atoms with Crippen LogP contribution < -0.4 is 10.5 Å². The van der Waals surface area contributed by atoms with Gasteiger partial charge in [0.2, 0.25) is 5.88 Å². The summed E-state index contributed by atoms with van der Waals surface area (Å²) in [6.07, 6.45) is 1.52. The number of ether oxygens (including phenoxy) is 1. The molecule has 0 saturated carbocycles. The highest BCUT2D eigenvalue weighted by Crippen LogP contribution is 2.34. The van der Waals surface area contributed by atoms with Crippen LogP contribution in [-0.4, -0.2) is 6.61 Å². The zero-order valence-electron chi connectivity index (χ0n) is 11.3. The second kappa shape index (κ2) is 5.07. The molecule has 1 aromatic heterocycles. The third kappa shape index (κ3) is 2.27. The molecule has 2 N–H and O–H groups in total. The van der Waals surface area contributed by atoms with E-state index in [0.717, 1.165) is 28.0 Å². The van der Waals surface area contributed by atoms with Crippen molar-refractivity contribution in [2.24, 2.45) is 0 Å². The average molecular weight is 256 g/mol. The molecule has 0 aliphatic heterocycles. The minimum Gasteiger partial charge on any atom is -0.494 e. The molecule has 0 saturated heterocycles. The number of aryl methyl sites for hydroxylation is 2. The van der Waals surface area contributed by atoms with Crippen molar-refractivity contribution in [1.82, 2.24) is 0 Å². The standard InChI is InChI=1S/C15H16N2O2/c1-4-18-14-6-9(2)11(5-10(14)3)13-8-19-15(17)12(13)7-16/h5-6,8H,4,17H2,1-3H3. The van der Waals surface area contributed by atoms with Gasteiger partial charge < -0.3 is 14.9 Å². The van der Waals surface area contributed by atoms with E-state index in [4.69, 9.17) is 20.1 Å². The summed E-state index contributed by atoms with van der Waals surface area (Å²) in [5.41, 5.74) is 9.73. The highest BCUT2D eigenvalue weighted by molar-refractivity contribution is 5.77. The quantitative estimate of drug-likeness (QED) is 0.913. The SMILES string of the molecule is CCOc1cc(C)c(-c2coc(N)c2C#N)cc1C. The van der Waals surface area contributed by atoms with E-state index in [9.17, 15) is 0 Å². The fourth-order valence-corrected chi connectivity index (χ4v) is 2.08. The Morgan fingerprint density at radius 3 is 2.63 bits per heavy atom. The maximum Gasteiger partial charge on any atom is 0.208 e. The molecule has 2 aromatic rings. The molecule has 1 heterocycles. The van der Waals surface area contributed by atoms with Crippen LogP contribution in [0.5, 0.6) is 5.75 Å². The smallest absolute Gasteiger partial charge is 0.208 e. The van der Waals surface area contributed by atoms with Crippen LogP contribution >= 0.6 is 0 Å². The van der Waals surface area contributed by atoms with Crippen LogP contribution in [0.2, 0.25) is 0 Å². The number of anilines is 1. The molecule has 0 amide bonds. The second-order valence-electron chi connectivity index (χ2n) is 4.37. The first-order chi connectivity index (χ1) is 9.08. The van der Waals surface area contributed by atoms with E-state index in [-0.39, 0.29) is 5.88 Å². The van der Waals surface area contributed by atoms with E-state index in [1.54, 1.807) is 0 Å². The number of nitrogens with zero attached hydrogens (tertiary/aromatic N) is 1. The fraction of sp³-hybridized carbons (Fsp3) is 0.267. The number of hydrogen-bond donors (Lipinski definition) is 1. The summed E-state index contributed by atoms with van der Waals surface area (Å²) >= 11 is 0. The lowest BCUT2D eigenvalue weighted by Gasteiger charge is -2.11. The van der Waals surface area contributed by atoms with Crippen molar-refractivity contribution >= 4 is 5.88 Å². The number of nitriles is 1. The molecular formula is C15H16N2O2. The number of furan rings is 1. The first-order valence-electron chi connectivity index (χ1n) is 6.10. The second-order valence-corrected chi connectivity index (χ2v) is 4.37. The Bertz CT molecular complexity index is 651. The summed E-state index contributed by atoms with van der Waals surface area (Å²) in [4.78, 5) is 0. The van der Waals surface area contributed by atoms with E-state index >= 15 is 0 Å². The van der Waals surface area contributed by atoms with E-state index in [1.165, 1.54) is 6.26 Å². The zero-order chi connectivity index (χ0) is 14.0. The van der Waals surface area contributed by atoms with Crippen molar-refractivity contribution in [3.63, 3.8) is 0 Å². The van der Waals surface area contributed by atoms with E-state index < -0.39 is 0 Å². The molecule has 4 heteroatoms. The molecule has 0 aliphatic rings. The molecule has 4 nitrogen and oxygen atoms in total. The van der Waals surface area contributed by atoms with Gasteiger partial charge in [-0.2, -0.15) is 5.26 Å². The number of benzene rings is 1. The summed E-state index contributed by atoms with van der Waals surface area (Å²) in [7, 11) is 0. The topological polar surface area (TPSA) is 72.2 Å². The van der Waals surface area contributed by atoms with Gasteiger partial charge in [0.1, 0.15) is 23.6 Å². The van der Waals surface area contributed by atoms with Crippen LogP contribution in [0.25, 0.3) is 11.1 Å². The largest absolute Gasteiger partial charge is 0.494 e. The van der Waals surface area contributed by atoms with Crippen LogP contribution in [0.1, 0.15) is 23.6 Å². The van der Waals surface area contributed by atoms with E-state index in [2.05, 4.69) is 6.07 Å². The molecule has 98 valence electrons. The van der Waals surface area contributed by atoms with Gasteiger partial charge in [0, 0.05) is 5.56 Å². The van der Waals surface area contributed by atoms with Crippen LogP contribution in [0, 0.1) is 25.2 Å². The lowest BCUT2D eigenvalue weighted by atomic mass is 9.97. The maximum absolute atomic E-state index is 9.13. The molecule has 0 atom stereocenters. The Balaban J connectivity index is 2.58. The summed E-state index contributed by atoms with van der Waals surface area (Å²) in [5, 5.41) is 9.13. The first kappa shape index (κ1) is 13.0. The molecule has 0 radical (unpaired) electrons. The minimum absolute atomic E-state index is 0.156. The number of nitrogen functional groups attached to an aromatic ring is 1. The monoisotopic (exact) mass is 256 g/mol. The highest BCUT2D eigenvalue weighted by Gasteiger charge is 2.16. The lowest BCUT2D eigenvalue weighted by molar-refractivity contribution is 0.337. The Kier molecular flexibility index (Phi) is 3.48. The van der Waals surface area contributed by atoms with Gasteiger partial charge in [-0.3, -0.25) is 0 Å². The molecule has 0 unspecified atom stereocenters. The Morgan fingerprint density at radius 2 is 2.00 bits per heavy atom. The third-order valence-corrected chi connectivity index (χ3v) is 3.04. The van der Waals surface area contributed by atoms with Crippen molar-refractivity contribution in [3.8, 4) is 22.9 Å². The molecule has 0 spiro atoms. The Labute approximate surface area is 112 Å². The first-order valence-corrected chi connectivity index (χ1v) is 6.10. The van der Waals surface area contributed by atoms with Gasteiger partial charge in [0.05, 0.1) is 6.61 Å². The molecule has 0 aliphatic carbocycles. The maximum atomic E-state index is 9.13. The highest BCUT2D eigenvalue weighted by atomic mass is 16.5. The average Bonchev–Trinajstić information content (AvgIpc) is 2.74. The van der Waals surface area contributed by atoms with Crippen molar-refractivity contribution < 1.29 is 9.15 Å². The van der Waals surface area contributed by atoms with Crippen LogP contribution in [-0.2, 0) is 0 Å². The third-order valence-electron chi connectivity index (χ3n) is 3.04. The lowest BCUT2D eigenvalue weighted by Crippen LogP contribution is -1.96. The van der Waals surface area contributed by atoms with Gasteiger partial charge in [0.15, 0.2) is 0 Å². The van der Waals surface area contributed by atoms with Crippen molar-refractivity contribution in [2.45, 2.75) is 20.8 Å². The van der Waals surface area contributed by atoms with Gasteiger partial charge in [-0.15, -0.1) is 0 Å². The predicted molar refractivity (Wildman–Crippen MR) is 73.9 cm³/mol. The number of rotatable bonds is 3. The number of nitrogens with two attached hydrogens (primary N) is 1. The van der Waals surface area contributed by atoms with Gasteiger partial charge >= 0.3 is 0 Å². The van der Waals surface area contributed by atoms with Crippen molar-refractivity contribution in [3.05, 3.63) is 35.1 Å². The Hall–Kier alpha value is -2.41. The van der Waals surface area contributed by atoms with Gasteiger partial charge in [-0.1, -0.05) is 0 Å². The van der Waals surface area contributed by atoms with Gasteiger partial charge in [0.25, 0.3) is 0 Å². The van der Waals surface area contributed by atoms with Crippen LogP contribution in [0.15, 0.2) is 22.8 Å². The molecule has 0 bridgehead atoms.